The molecular weight excluding hydrogens is 132 g/mol. The van der Waals surface area contributed by atoms with Crippen molar-refractivity contribution in [1.82, 2.24) is 0 Å². The maximum atomic E-state index is 10.9. The molecule has 0 aromatic rings. The molecule has 10 heavy (non-hydrogen) atoms. The molecule has 0 aromatic heterocycles. The molecule has 0 N–H and O–H groups in total. The second-order valence-electron chi connectivity index (χ2n) is 2.86. The zero-order valence-electron chi connectivity index (χ0n) is 5.50. The van der Waals surface area contributed by atoms with Crippen LogP contribution in [0, 0.1) is 5.92 Å². The number of ketones is 1. The lowest BCUT2D eigenvalue weighted by Gasteiger charge is -2.11. The minimum atomic E-state index is -0.383. The van der Waals surface area contributed by atoms with Gasteiger partial charge in [0.05, 0.1) is 5.92 Å². The molecule has 0 spiro atoms. The molecule has 2 atom stereocenters. The molecular formula is C7H8O3. The Balaban J connectivity index is 2.22. The quantitative estimate of drug-likeness (QED) is 0.454. The first-order chi connectivity index (χ1) is 4.77. The Kier molecular flexibility index (Phi) is 1.07. The molecule has 1 saturated heterocycles. The van der Waals surface area contributed by atoms with Crippen LogP contribution in [0.3, 0.4) is 0 Å². The van der Waals surface area contributed by atoms with Crippen LogP contribution in [-0.2, 0) is 14.3 Å². The first-order valence-electron chi connectivity index (χ1n) is 3.50. The number of esters is 1. The molecule has 3 heteroatoms. The van der Waals surface area contributed by atoms with Crippen LogP contribution in [0.2, 0.25) is 0 Å². The van der Waals surface area contributed by atoms with Crippen LogP contribution in [0.25, 0.3) is 0 Å². The Hall–Kier alpha value is -0.860. The van der Waals surface area contributed by atoms with Crippen molar-refractivity contribution in [2.45, 2.75) is 25.4 Å². The number of hydrogen-bond acceptors (Lipinski definition) is 3. The molecule has 1 aliphatic carbocycles. The molecule has 54 valence electrons. The van der Waals surface area contributed by atoms with Crippen molar-refractivity contribution in [1.29, 1.82) is 0 Å². The summed E-state index contributed by atoms with van der Waals surface area (Å²) < 4.78 is 4.81. The Bertz CT molecular complexity index is 195. The second-order valence-corrected chi connectivity index (χ2v) is 2.86. The van der Waals surface area contributed by atoms with Gasteiger partial charge in [-0.2, -0.15) is 0 Å². The molecule has 1 aliphatic heterocycles. The zero-order valence-corrected chi connectivity index (χ0v) is 5.50. The van der Waals surface area contributed by atoms with Crippen LogP contribution < -0.4 is 0 Å². The molecule has 2 bridgehead atoms. The van der Waals surface area contributed by atoms with E-state index in [0.29, 0.717) is 19.3 Å². The number of carbonyl (C=O) groups excluding carboxylic acids is 2. The summed E-state index contributed by atoms with van der Waals surface area (Å²) in [5.74, 6) is -0.0411. The van der Waals surface area contributed by atoms with E-state index in [1.165, 1.54) is 0 Å². The van der Waals surface area contributed by atoms with E-state index in [2.05, 4.69) is 0 Å². The fourth-order valence-electron chi connectivity index (χ4n) is 1.55. The number of rotatable bonds is 0. The highest BCUT2D eigenvalue weighted by molar-refractivity contribution is 5.91. The van der Waals surface area contributed by atoms with Gasteiger partial charge in [-0.25, -0.2) is 0 Å². The summed E-state index contributed by atoms with van der Waals surface area (Å²) in [6.45, 7) is 0. The minimum absolute atomic E-state index is 0.0303. The normalized spacial score (nSPS) is 38.0. The molecule has 2 unspecified atom stereocenters. The van der Waals surface area contributed by atoms with E-state index < -0.39 is 0 Å². The Morgan fingerprint density at radius 3 is 2.90 bits per heavy atom. The Morgan fingerprint density at radius 1 is 1.40 bits per heavy atom. The summed E-state index contributed by atoms with van der Waals surface area (Å²) in [5, 5.41) is 0. The van der Waals surface area contributed by atoms with Crippen molar-refractivity contribution in [3.8, 4) is 0 Å². The third-order valence-corrected chi connectivity index (χ3v) is 2.19. The maximum absolute atomic E-state index is 10.9. The van der Waals surface area contributed by atoms with Crippen molar-refractivity contribution in [3.05, 3.63) is 0 Å². The summed E-state index contributed by atoms with van der Waals surface area (Å²) in [5.41, 5.74) is 0. The molecule has 2 fully saturated rings. The molecule has 2 rings (SSSR count). The lowest BCUT2D eigenvalue weighted by molar-refractivity contribution is -0.147. The van der Waals surface area contributed by atoms with Crippen molar-refractivity contribution < 1.29 is 14.3 Å². The number of carbonyl (C=O) groups is 2. The van der Waals surface area contributed by atoms with Gasteiger partial charge < -0.3 is 4.74 Å². The third-order valence-electron chi connectivity index (χ3n) is 2.19. The standard InChI is InChI=1S/C7H8O3/c8-5-2-1-4-3-6(5)10-7(4)9/h4,6H,1-3H2. The molecule has 0 aromatic carbocycles. The predicted molar refractivity (Wildman–Crippen MR) is 32.2 cm³/mol. The van der Waals surface area contributed by atoms with Gasteiger partial charge in [0.15, 0.2) is 11.9 Å². The first-order valence-corrected chi connectivity index (χ1v) is 3.50. The van der Waals surface area contributed by atoms with Crippen LogP contribution in [0.15, 0.2) is 0 Å². The Labute approximate surface area is 58.4 Å². The fourth-order valence-corrected chi connectivity index (χ4v) is 1.55. The van der Waals surface area contributed by atoms with Crippen LogP contribution >= 0.6 is 0 Å². The molecule has 1 heterocycles. The van der Waals surface area contributed by atoms with Gasteiger partial charge in [0.2, 0.25) is 0 Å². The summed E-state index contributed by atoms with van der Waals surface area (Å²) in [6.07, 6.45) is 1.48. The van der Waals surface area contributed by atoms with E-state index in [9.17, 15) is 9.59 Å². The van der Waals surface area contributed by atoms with Gasteiger partial charge in [-0.15, -0.1) is 0 Å². The lowest BCUT2D eigenvalue weighted by Crippen LogP contribution is -2.22. The van der Waals surface area contributed by atoms with Crippen molar-refractivity contribution in [2.75, 3.05) is 0 Å². The Morgan fingerprint density at radius 2 is 2.20 bits per heavy atom. The highest BCUT2D eigenvalue weighted by atomic mass is 16.6. The lowest BCUT2D eigenvalue weighted by atomic mass is 9.89. The smallest absolute Gasteiger partial charge is 0.309 e. The second kappa shape index (κ2) is 1.81. The molecule has 2 aliphatic rings. The molecule has 0 radical (unpaired) electrons. The van der Waals surface area contributed by atoms with Crippen LogP contribution in [0.5, 0.6) is 0 Å². The third kappa shape index (κ3) is 0.664. The molecule has 1 saturated carbocycles. The van der Waals surface area contributed by atoms with E-state index >= 15 is 0 Å². The number of Topliss-reactive ketones (excluding diaryl/α,β-unsaturated/α-hetero) is 1. The number of hydrogen-bond donors (Lipinski definition) is 0. The van der Waals surface area contributed by atoms with Gasteiger partial charge in [-0.1, -0.05) is 0 Å². The minimum Gasteiger partial charge on any atom is -0.454 e. The average molecular weight is 140 g/mol. The summed E-state index contributed by atoms with van der Waals surface area (Å²) >= 11 is 0. The van der Waals surface area contributed by atoms with Crippen molar-refractivity contribution in [2.24, 2.45) is 5.92 Å². The van der Waals surface area contributed by atoms with Crippen LogP contribution in [0.1, 0.15) is 19.3 Å². The van der Waals surface area contributed by atoms with Gasteiger partial charge in [-0.3, -0.25) is 9.59 Å². The van der Waals surface area contributed by atoms with E-state index in [1.807, 2.05) is 0 Å². The predicted octanol–water partition coefficient (Wildman–Crippen LogP) is 0.281. The van der Waals surface area contributed by atoms with E-state index in [0.717, 1.165) is 0 Å². The summed E-state index contributed by atoms with van der Waals surface area (Å²) in [7, 11) is 0. The number of fused-ring (bicyclic) bond motifs is 2. The van der Waals surface area contributed by atoms with E-state index in [4.69, 9.17) is 4.74 Å². The summed E-state index contributed by atoms with van der Waals surface area (Å²) in [6, 6.07) is 0. The SMILES string of the molecule is O=C1OC2CC1CCC2=O. The van der Waals surface area contributed by atoms with Crippen LogP contribution in [0.4, 0.5) is 0 Å². The highest BCUT2D eigenvalue weighted by Gasteiger charge is 2.42. The van der Waals surface area contributed by atoms with Crippen LogP contribution in [-0.4, -0.2) is 17.9 Å². The van der Waals surface area contributed by atoms with E-state index in [-0.39, 0.29) is 23.8 Å². The van der Waals surface area contributed by atoms with Gasteiger partial charge >= 0.3 is 5.97 Å². The van der Waals surface area contributed by atoms with Crippen molar-refractivity contribution in [3.63, 3.8) is 0 Å². The first kappa shape index (κ1) is 5.89. The van der Waals surface area contributed by atoms with Gasteiger partial charge in [0, 0.05) is 12.8 Å². The van der Waals surface area contributed by atoms with Crippen molar-refractivity contribution >= 4 is 11.8 Å². The fraction of sp³-hybridized carbons (Fsp3) is 0.714. The van der Waals surface area contributed by atoms with Gasteiger partial charge in [-0.05, 0) is 6.42 Å². The zero-order chi connectivity index (χ0) is 7.14. The monoisotopic (exact) mass is 140 g/mol. The average Bonchev–Trinajstić information content (AvgIpc) is 2.21. The molecule has 0 amide bonds. The topological polar surface area (TPSA) is 43.4 Å². The van der Waals surface area contributed by atoms with Gasteiger partial charge in [0.25, 0.3) is 0 Å². The number of ether oxygens (including phenoxy) is 1. The highest BCUT2D eigenvalue weighted by Crippen LogP contribution is 2.31. The van der Waals surface area contributed by atoms with Gasteiger partial charge in [0.1, 0.15) is 0 Å². The summed E-state index contributed by atoms with van der Waals surface area (Å²) in [4.78, 5) is 21.7. The van der Waals surface area contributed by atoms with E-state index in [1.54, 1.807) is 0 Å². The molecule has 3 nitrogen and oxygen atoms in total. The largest absolute Gasteiger partial charge is 0.454 e. The maximum Gasteiger partial charge on any atom is 0.309 e.